The smallest absolute Gasteiger partial charge is 0.326 e. The Balaban J connectivity index is 1.04. The van der Waals surface area contributed by atoms with Crippen LogP contribution in [0.3, 0.4) is 0 Å². The molecule has 2 atom stereocenters. The van der Waals surface area contributed by atoms with Crippen molar-refractivity contribution >= 4 is 17.8 Å². The van der Waals surface area contributed by atoms with E-state index in [1.807, 2.05) is 18.2 Å². The average Bonchev–Trinajstić information content (AvgIpc) is 3.45. The maximum Gasteiger partial charge on any atom is 0.326 e. The number of pyridine rings is 1. The van der Waals surface area contributed by atoms with Gasteiger partial charge in [0.25, 0.3) is 0 Å². The standard InChI is InChI=1S/C22H29N5O2/c28-20(24-16-9-22(10-16)13-25(14-22)11-15-4-5-15)18-7-6-17-12-26(18)21(29)27(17)19-3-1-2-8-23-19/h1-3,8,15-18H,4-7,9-14H2,(H,24,28)/t17-,18+/m1/s1. The first-order chi connectivity index (χ1) is 14.1. The third-order valence-electron chi connectivity index (χ3n) is 7.61. The van der Waals surface area contributed by atoms with Crippen LogP contribution in [0, 0.1) is 11.3 Å². The number of hydrogen-bond donors (Lipinski definition) is 1. The van der Waals surface area contributed by atoms with Crippen LogP contribution < -0.4 is 10.2 Å². The van der Waals surface area contributed by atoms with Crippen molar-refractivity contribution < 1.29 is 9.59 Å². The number of piperidine rings is 1. The number of rotatable bonds is 5. The minimum atomic E-state index is -0.336. The van der Waals surface area contributed by atoms with Gasteiger partial charge in [-0.1, -0.05) is 6.07 Å². The van der Waals surface area contributed by atoms with E-state index in [9.17, 15) is 9.59 Å². The summed E-state index contributed by atoms with van der Waals surface area (Å²) in [6.07, 6.45) is 8.32. The first-order valence-electron chi connectivity index (χ1n) is 11.1. The third-order valence-corrected chi connectivity index (χ3v) is 7.61. The molecule has 7 heteroatoms. The van der Waals surface area contributed by atoms with Crippen LogP contribution in [0.2, 0.25) is 0 Å². The van der Waals surface area contributed by atoms with Gasteiger partial charge in [0.05, 0.1) is 6.04 Å². The Morgan fingerprint density at radius 3 is 2.72 bits per heavy atom. The highest BCUT2D eigenvalue weighted by Crippen LogP contribution is 2.49. The molecule has 0 unspecified atom stereocenters. The molecule has 0 aromatic carbocycles. The fourth-order valence-corrected chi connectivity index (χ4v) is 6.06. The maximum atomic E-state index is 13.0. The van der Waals surface area contributed by atoms with Crippen LogP contribution in [0.1, 0.15) is 38.5 Å². The minimum Gasteiger partial charge on any atom is -0.352 e. The summed E-state index contributed by atoms with van der Waals surface area (Å²) in [6.45, 7) is 4.33. The van der Waals surface area contributed by atoms with Crippen LogP contribution in [0.5, 0.6) is 0 Å². The van der Waals surface area contributed by atoms with E-state index in [0.717, 1.165) is 31.6 Å². The Morgan fingerprint density at radius 1 is 1.17 bits per heavy atom. The molecule has 5 aliphatic rings. The van der Waals surface area contributed by atoms with Crippen molar-refractivity contribution in [3.05, 3.63) is 24.4 Å². The zero-order chi connectivity index (χ0) is 19.6. The summed E-state index contributed by atoms with van der Waals surface area (Å²) in [5.74, 6) is 1.68. The Morgan fingerprint density at radius 2 is 2.00 bits per heavy atom. The second-order valence-electron chi connectivity index (χ2n) is 9.97. The SMILES string of the molecule is O=C(NC1CC2(C1)CN(CC1CC1)C2)[C@@H]1CC[C@@H]2CN1C(=O)N2c1ccccn1. The minimum absolute atomic E-state index is 0.0358. The van der Waals surface area contributed by atoms with Crippen molar-refractivity contribution in [3.8, 4) is 0 Å². The molecule has 2 aliphatic carbocycles. The molecular formula is C22H29N5O2. The van der Waals surface area contributed by atoms with Crippen LogP contribution in [0.4, 0.5) is 10.6 Å². The first-order valence-corrected chi connectivity index (χ1v) is 11.1. The van der Waals surface area contributed by atoms with E-state index >= 15 is 0 Å². The molecule has 1 aromatic rings. The number of hydrogen-bond acceptors (Lipinski definition) is 4. The van der Waals surface area contributed by atoms with Crippen LogP contribution in [-0.2, 0) is 4.79 Å². The largest absolute Gasteiger partial charge is 0.352 e. The van der Waals surface area contributed by atoms with Crippen molar-refractivity contribution in [3.63, 3.8) is 0 Å². The lowest BCUT2D eigenvalue weighted by atomic mass is 9.60. The van der Waals surface area contributed by atoms with Crippen molar-refractivity contribution in [1.82, 2.24) is 20.1 Å². The molecule has 0 radical (unpaired) electrons. The monoisotopic (exact) mass is 395 g/mol. The summed E-state index contributed by atoms with van der Waals surface area (Å²) >= 11 is 0. The van der Waals surface area contributed by atoms with Gasteiger partial charge in [-0.15, -0.1) is 0 Å². The van der Waals surface area contributed by atoms with E-state index in [4.69, 9.17) is 0 Å². The summed E-state index contributed by atoms with van der Waals surface area (Å²) in [7, 11) is 0. The fraction of sp³-hybridized carbons (Fsp3) is 0.682. The molecule has 5 fully saturated rings. The number of nitrogens with zero attached hydrogens (tertiary/aromatic N) is 4. The van der Waals surface area contributed by atoms with Gasteiger partial charge in [0.15, 0.2) is 0 Å². The molecule has 6 rings (SSSR count). The van der Waals surface area contributed by atoms with Gasteiger partial charge in [-0.05, 0) is 62.0 Å². The molecule has 1 spiro atoms. The fourth-order valence-electron chi connectivity index (χ4n) is 6.06. The number of carbonyl (C=O) groups is 2. The Kier molecular flexibility index (Phi) is 3.92. The molecule has 3 amide bonds. The lowest BCUT2D eigenvalue weighted by Gasteiger charge is -2.59. The Labute approximate surface area is 171 Å². The van der Waals surface area contributed by atoms with E-state index < -0.39 is 0 Å². The summed E-state index contributed by atoms with van der Waals surface area (Å²) in [5.41, 5.74) is 0.462. The van der Waals surface area contributed by atoms with Gasteiger partial charge in [-0.25, -0.2) is 9.78 Å². The third kappa shape index (κ3) is 3.01. The number of carbonyl (C=O) groups excluding carboxylic acids is 2. The van der Waals surface area contributed by atoms with Crippen LogP contribution >= 0.6 is 0 Å². The van der Waals surface area contributed by atoms with Gasteiger partial charge in [0.1, 0.15) is 11.9 Å². The second-order valence-corrected chi connectivity index (χ2v) is 9.97. The molecule has 4 heterocycles. The zero-order valence-electron chi connectivity index (χ0n) is 16.8. The molecule has 2 saturated carbocycles. The molecule has 1 aromatic heterocycles. The first kappa shape index (κ1) is 17.7. The summed E-state index contributed by atoms with van der Waals surface area (Å²) in [4.78, 5) is 36.4. The van der Waals surface area contributed by atoms with Crippen molar-refractivity contribution in [1.29, 1.82) is 0 Å². The van der Waals surface area contributed by atoms with Crippen LogP contribution in [0.25, 0.3) is 0 Å². The molecule has 2 bridgehead atoms. The highest BCUT2D eigenvalue weighted by molar-refractivity contribution is 5.98. The Hall–Kier alpha value is -2.15. The predicted molar refractivity (Wildman–Crippen MR) is 108 cm³/mol. The second kappa shape index (κ2) is 6.42. The van der Waals surface area contributed by atoms with E-state index in [1.165, 1.54) is 32.5 Å². The highest BCUT2D eigenvalue weighted by Gasteiger charge is 2.54. The topological polar surface area (TPSA) is 68.8 Å². The van der Waals surface area contributed by atoms with Crippen molar-refractivity contribution in [2.24, 2.45) is 11.3 Å². The van der Waals surface area contributed by atoms with E-state index in [1.54, 1.807) is 16.0 Å². The quantitative estimate of drug-likeness (QED) is 0.826. The van der Waals surface area contributed by atoms with E-state index in [0.29, 0.717) is 17.8 Å². The number of fused-ring (bicyclic) bond motifs is 2. The molecule has 3 aliphatic heterocycles. The van der Waals surface area contributed by atoms with Gasteiger partial charge < -0.3 is 15.1 Å². The number of likely N-dealkylation sites (tertiary alicyclic amines) is 1. The van der Waals surface area contributed by atoms with Gasteiger partial charge in [-0.2, -0.15) is 0 Å². The normalized spacial score (nSPS) is 31.0. The number of aromatic nitrogens is 1. The summed E-state index contributed by atoms with van der Waals surface area (Å²) in [6, 6.07) is 5.62. The molecule has 29 heavy (non-hydrogen) atoms. The van der Waals surface area contributed by atoms with Gasteiger partial charge in [-0.3, -0.25) is 9.69 Å². The molecule has 3 saturated heterocycles. The molecular weight excluding hydrogens is 366 g/mol. The van der Waals surface area contributed by atoms with Gasteiger partial charge >= 0.3 is 6.03 Å². The number of nitrogens with one attached hydrogen (secondary N) is 1. The van der Waals surface area contributed by atoms with E-state index in [-0.39, 0.29) is 30.1 Å². The number of urea groups is 1. The number of amides is 3. The van der Waals surface area contributed by atoms with E-state index in [2.05, 4.69) is 15.2 Å². The van der Waals surface area contributed by atoms with Gasteiger partial charge in [0, 0.05) is 38.4 Å². The lowest BCUT2D eigenvalue weighted by molar-refractivity contribution is -0.132. The van der Waals surface area contributed by atoms with Crippen molar-refractivity contribution in [2.45, 2.75) is 56.7 Å². The lowest BCUT2D eigenvalue weighted by Crippen LogP contribution is -2.67. The molecule has 1 N–H and O–H groups in total. The molecule has 7 nitrogen and oxygen atoms in total. The number of anilines is 1. The Bertz CT molecular complexity index is 812. The molecule has 154 valence electrons. The predicted octanol–water partition coefficient (Wildman–Crippen LogP) is 1.85. The van der Waals surface area contributed by atoms with Gasteiger partial charge in [0.2, 0.25) is 5.91 Å². The highest BCUT2D eigenvalue weighted by atomic mass is 16.2. The maximum absolute atomic E-state index is 13.0. The average molecular weight is 396 g/mol. The van der Waals surface area contributed by atoms with Crippen molar-refractivity contribution in [2.75, 3.05) is 31.1 Å². The summed E-state index contributed by atoms with van der Waals surface area (Å²) in [5, 5.41) is 3.25. The zero-order valence-corrected chi connectivity index (χ0v) is 16.8. The van der Waals surface area contributed by atoms with Crippen LogP contribution in [-0.4, -0.2) is 71.0 Å². The van der Waals surface area contributed by atoms with Crippen LogP contribution in [0.15, 0.2) is 24.4 Å². The summed E-state index contributed by atoms with van der Waals surface area (Å²) < 4.78 is 0.